The van der Waals surface area contributed by atoms with E-state index in [2.05, 4.69) is 6.92 Å². The molecule has 4 heteroatoms. The molecule has 0 bridgehead atoms. The number of ether oxygens (including phenoxy) is 1. The number of carbonyl (C=O) groups is 1. The SMILES string of the molecule is CCCCCC[C@@H]1C[C@@]2(C(=O)OCC)CCON12. The van der Waals surface area contributed by atoms with Crippen molar-refractivity contribution >= 4 is 5.97 Å². The molecule has 0 spiro atoms. The molecule has 2 atom stereocenters. The highest BCUT2D eigenvalue weighted by atomic mass is 16.7. The van der Waals surface area contributed by atoms with Crippen LogP contribution in [-0.2, 0) is 14.4 Å². The highest BCUT2D eigenvalue weighted by molar-refractivity contribution is 5.82. The molecule has 0 unspecified atom stereocenters. The third-order valence-corrected chi connectivity index (χ3v) is 4.12. The Labute approximate surface area is 110 Å². The molecule has 2 fully saturated rings. The second-order valence-electron chi connectivity index (χ2n) is 5.37. The molecule has 0 aromatic carbocycles. The van der Waals surface area contributed by atoms with Gasteiger partial charge in [0.2, 0.25) is 0 Å². The molecule has 0 amide bonds. The first-order valence-electron chi connectivity index (χ1n) is 7.34. The average molecular weight is 255 g/mol. The molecule has 0 aromatic rings. The van der Waals surface area contributed by atoms with Gasteiger partial charge in [0.25, 0.3) is 0 Å². The van der Waals surface area contributed by atoms with Crippen molar-refractivity contribution in [1.29, 1.82) is 0 Å². The van der Waals surface area contributed by atoms with Crippen molar-refractivity contribution in [3.05, 3.63) is 0 Å². The van der Waals surface area contributed by atoms with Gasteiger partial charge < -0.3 is 4.74 Å². The van der Waals surface area contributed by atoms with Crippen LogP contribution >= 0.6 is 0 Å². The van der Waals surface area contributed by atoms with Crippen LogP contribution in [0.2, 0.25) is 0 Å². The van der Waals surface area contributed by atoms with Crippen LogP contribution in [0, 0.1) is 0 Å². The van der Waals surface area contributed by atoms with Crippen LogP contribution < -0.4 is 0 Å². The number of fused-ring (bicyclic) bond motifs is 1. The van der Waals surface area contributed by atoms with Crippen LogP contribution in [0.5, 0.6) is 0 Å². The molecule has 2 aliphatic heterocycles. The summed E-state index contributed by atoms with van der Waals surface area (Å²) in [5, 5.41) is 1.93. The summed E-state index contributed by atoms with van der Waals surface area (Å²) in [6, 6.07) is 0.425. The van der Waals surface area contributed by atoms with Crippen LogP contribution in [-0.4, -0.2) is 35.8 Å². The minimum absolute atomic E-state index is 0.0905. The summed E-state index contributed by atoms with van der Waals surface area (Å²) < 4.78 is 5.18. The van der Waals surface area contributed by atoms with E-state index in [1.807, 2.05) is 12.0 Å². The van der Waals surface area contributed by atoms with Crippen LogP contribution in [0.3, 0.4) is 0 Å². The summed E-state index contributed by atoms with van der Waals surface area (Å²) in [5.41, 5.74) is -0.439. The lowest BCUT2D eigenvalue weighted by atomic mass is 9.77. The smallest absolute Gasteiger partial charge is 0.329 e. The lowest BCUT2D eigenvalue weighted by Crippen LogP contribution is -2.66. The quantitative estimate of drug-likeness (QED) is 0.518. The van der Waals surface area contributed by atoms with Gasteiger partial charge in [-0.3, -0.25) is 4.84 Å². The fourth-order valence-electron chi connectivity index (χ4n) is 3.12. The number of hydrogen-bond donors (Lipinski definition) is 0. The lowest BCUT2D eigenvalue weighted by molar-refractivity contribution is -0.260. The van der Waals surface area contributed by atoms with Crippen molar-refractivity contribution in [1.82, 2.24) is 5.06 Å². The molecule has 2 aliphatic rings. The van der Waals surface area contributed by atoms with E-state index in [1.54, 1.807) is 0 Å². The Morgan fingerprint density at radius 2 is 2.22 bits per heavy atom. The first-order chi connectivity index (χ1) is 8.74. The number of carbonyl (C=O) groups excluding carboxylic acids is 1. The molecule has 0 saturated carbocycles. The summed E-state index contributed by atoms with van der Waals surface area (Å²) >= 11 is 0. The zero-order valence-corrected chi connectivity index (χ0v) is 11.6. The van der Waals surface area contributed by atoms with Gasteiger partial charge in [-0.25, -0.2) is 4.79 Å². The molecule has 0 aromatic heterocycles. The van der Waals surface area contributed by atoms with E-state index in [0.29, 0.717) is 19.3 Å². The third-order valence-electron chi connectivity index (χ3n) is 4.12. The molecule has 2 rings (SSSR count). The maximum Gasteiger partial charge on any atom is 0.329 e. The van der Waals surface area contributed by atoms with Gasteiger partial charge in [0, 0.05) is 12.5 Å². The van der Waals surface area contributed by atoms with E-state index in [9.17, 15) is 4.79 Å². The molecule has 2 heterocycles. The number of hydroxylamine groups is 2. The number of nitrogens with zero attached hydrogens (tertiary/aromatic N) is 1. The van der Waals surface area contributed by atoms with Gasteiger partial charge in [0.1, 0.15) is 5.54 Å². The third kappa shape index (κ3) is 2.41. The zero-order valence-electron chi connectivity index (χ0n) is 11.6. The second-order valence-corrected chi connectivity index (χ2v) is 5.37. The van der Waals surface area contributed by atoms with Crippen LogP contribution in [0.25, 0.3) is 0 Å². The Kier molecular flexibility index (Phi) is 4.62. The average Bonchev–Trinajstić information content (AvgIpc) is 2.68. The molecule has 4 nitrogen and oxygen atoms in total. The monoisotopic (exact) mass is 255 g/mol. The maximum atomic E-state index is 12.0. The molecular formula is C14H25NO3. The normalized spacial score (nSPS) is 30.9. The second kappa shape index (κ2) is 6.02. The Balaban J connectivity index is 1.81. The van der Waals surface area contributed by atoms with E-state index in [0.717, 1.165) is 19.3 Å². The summed E-state index contributed by atoms with van der Waals surface area (Å²) in [6.45, 7) is 5.19. The van der Waals surface area contributed by atoms with E-state index in [1.165, 1.54) is 25.7 Å². The molecule has 0 aliphatic carbocycles. The van der Waals surface area contributed by atoms with Gasteiger partial charge >= 0.3 is 5.97 Å². The van der Waals surface area contributed by atoms with Crippen molar-refractivity contribution in [3.8, 4) is 0 Å². The van der Waals surface area contributed by atoms with Gasteiger partial charge in [-0.1, -0.05) is 32.6 Å². The van der Waals surface area contributed by atoms with E-state index < -0.39 is 5.54 Å². The molecule has 2 saturated heterocycles. The first kappa shape index (κ1) is 13.8. The summed E-state index contributed by atoms with van der Waals surface area (Å²) in [5.74, 6) is -0.0905. The lowest BCUT2D eigenvalue weighted by Gasteiger charge is -2.50. The first-order valence-corrected chi connectivity index (χ1v) is 7.34. The van der Waals surface area contributed by atoms with Crippen molar-refractivity contribution in [2.75, 3.05) is 13.2 Å². The highest BCUT2D eigenvalue weighted by Crippen LogP contribution is 2.46. The molecule has 18 heavy (non-hydrogen) atoms. The van der Waals surface area contributed by atoms with E-state index in [-0.39, 0.29) is 5.97 Å². The Morgan fingerprint density at radius 1 is 1.39 bits per heavy atom. The Morgan fingerprint density at radius 3 is 2.94 bits per heavy atom. The van der Waals surface area contributed by atoms with Crippen molar-refractivity contribution in [2.24, 2.45) is 0 Å². The predicted octanol–water partition coefficient (Wildman–Crippen LogP) is 2.67. The van der Waals surface area contributed by atoms with Gasteiger partial charge in [-0.05, 0) is 19.8 Å². The van der Waals surface area contributed by atoms with Crippen LogP contribution in [0.4, 0.5) is 0 Å². The number of rotatable bonds is 7. The van der Waals surface area contributed by atoms with Gasteiger partial charge in [-0.15, -0.1) is 0 Å². The predicted molar refractivity (Wildman–Crippen MR) is 68.9 cm³/mol. The minimum Gasteiger partial charge on any atom is -0.465 e. The molecule has 104 valence electrons. The maximum absolute atomic E-state index is 12.0. The van der Waals surface area contributed by atoms with E-state index >= 15 is 0 Å². The van der Waals surface area contributed by atoms with Gasteiger partial charge in [0.15, 0.2) is 0 Å². The molecule has 0 N–H and O–H groups in total. The molecule has 0 radical (unpaired) electrons. The zero-order chi connectivity index (χ0) is 13.0. The number of unbranched alkanes of at least 4 members (excludes halogenated alkanes) is 3. The summed E-state index contributed by atoms with van der Waals surface area (Å²) in [4.78, 5) is 17.6. The summed E-state index contributed by atoms with van der Waals surface area (Å²) in [6.07, 6.45) is 7.93. The van der Waals surface area contributed by atoms with Crippen LogP contribution in [0.1, 0.15) is 58.8 Å². The van der Waals surface area contributed by atoms with Gasteiger partial charge in [-0.2, -0.15) is 5.06 Å². The standard InChI is InChI=1S/C14H25NO3/c1-3-5-6-7-8-12-11-14(13(16)17-4-2)9-10-18-15(12)14/h12H,3-11H2,1-2H3/t12-,14-/m1/s1. The number of esters is 1. The minimum atomic E-state index is -0.439. The fraction of sp³-hybridized carbons (Fsp3) is 0.929. The molecular weight excluding hydrogens is 230 g/mol. The largest absolute Gasteiger partial charge is 0.465 e. The highest BCUT2D eigenvalue weighted by Gasteiger charge is 2.61. The number of hydrogen-bond acceptors (Lipinski definition) is 4. The Bertz CT molecular complexity index is 295. The fourth-order valence-corrected chi connectivity index (χ4v) is 3.12. The van der Waals surface area contributed by atoms with E-state index in [4.69, 9.17) is 9.57 Å². The van der Waals surface area contributed by atoms with Gasteiger partial charge in [0.05, 0.1) is 13.2 Å². The van der Waals surface area contributed by atoms with Crippen molar-refractivity contribution in [3.63, 3.8) is 0 Å². The summed E-state index contributed by atoms with van der Waals surface area (Å²) in [7, 11) is 0. The topological polar surface area (TPSA) is 38.8 Å². The van der Waals surface area contributed by atoms with Crippen molar-refractivity contribution < 1.29 is 14.4 Å². The van der Waals surface area contributed by atoms with Crippen LogP contribution in [0.15, 0.2) is 0 Å². The van der Waals surface area contributed by atoms with Crippen molar-refractivity contribution in [2.45, 2.75) is 70.4 Å². The Hall–Kier alpha value is -0.610.